The van der Waals surface area contributed by atoms with Crippen molar-refractivity contribution in [3.63, 3.8) is 0 Å². The van der Waals surface area contributed by atoms with E-state index in [0.717, 1.165) is 6.42 Å². The quantitative estimate of drug-likeness (QED) is 0.544. The minimum Gasteiger partial charge on any atom is -0.444 e. The van der Waals surface area contributed by atoms with Gasteiger partial charge < -0.3 is 19.4 Å². The number of piperidine rings is 1. The number of ether oxygens (including phenoxy) is 1. The molecule has 176 valence electrons. The molecule has 0 radical (unpaired) electrons. The van der Waals surface area contributed by atoms with E-state index in [2.05, 4.69) is 70.4 Å². The number of likely N-dealkylation sites (tertiary alicyclic amines) is 1. The molecular weight excluding hydrogens is 404 g/mol. The van der Waals surface area contributed by atoms with E-state index in [-0.39, 0.29) is 23.1 Å². The van der Waals surface area contributed by atoms with Crippen molar-refractivity contribution in [3.8, 4) is 0 Å². The van der Waals surface area contributed by atoms with Crippen LogP contribution in [0.3, 0.4) is 0 Å². The van der Waals surface area contributed by atoms with Crippen molar-refractivity contribution in [2.75, 3.05) is 19.7 Å². The Balaban J connectivity index is 2.12. The maximum Gasteiger partial charge on any atom is 0.410 e. The molecule has 1 aromatic carbocycles. The Kier molecular flexibility index (Phi) is 8.39. The molecule has 0 aromatic heterocycles. The van der Waals surface area contributed by atoms with Crippen LogP contribution in [0.25, 0.3) is 0 Å². The van der Waals surface area contributed by atoms with Gasteiger partial charge in [0, 0.05) is 37.7 Å². The molecule has 1 amide bonds. The molecule has 1 heterocycles. The van der Waals surface area contributed by atoms with Crippen molar-refractivity contribution >= 4 is 14.4 Å². The highest BCUT2D eigenvalue weighted by Crippen LogP contribution is 2.37. The molecule has 0 aliphatic carbocycles. The molecule has 1 aliphatic heterocycles. The van der Waals surface area contributed by atoms with Gasteiger partial charge in [-0.3, -0.25) is 0 Å². The monoisotopic (exact) mass is 448 g/mol. The van der Waals surface area contributed by atoms with Gasteiger partial charge in [-0.15, -0.1) is 0 Å². The molecule has 0 unspecified atom stereocenters. The van der Waals surface area contributed by atoms with Crippen molar-refractivity contribution < 1.29 is 14.0 Å². The summed E-state index contributed by atoms with van der Waals surface area (Å²) in [6.07, 6.45) is 0.668. The molecule has 6 heteroatoms. The Hall–Kier alpha value is -1.37. The van der Waals surface area contributed by atoms with Crippen LogP contribution in [-0.2, 0) is 9.16 Å². The van der Waals surface area contributed by atoms with Gasteiger partial charge in [-0.1, -0.05) is 51.1 Å². The van der Waals surface area contributed by atoms with Gasteiger partial charge in [-0.25, -0.2) is 4.79 Å². The number of hydrogen-bond donors (Lipinski definition) is 1. The second-order valence-electron chi connectivity index (χ2n) is 11.5. The number of benzene rings is 1. The zero-order valence-electron chi connectivity index (χ0n) is 21.1. The summed E-state index contributed by atoms with van der Waals surface area (Å²) in [5.41, 5.74) is 0.794. The van der Waals surface area contributed by atoms with E-state index in [9.17, 15) is 4.79 Å². The first kappa shape index (κ1) is 25.9. The van der Waals surface area contributed by atoms with Crippen LogP contribution in [-0.4, -0.2) is 50.6 Å². The normalized spacial score (nSPS) is 21.6. The Bertz CT molecular complexity index is 710. The first-order valence-electron chi connectivity index (χ1n) is 11.6. The second kappa shape index (κ2) is 10.0. The summed E-state index contributed by atoms with van der Waals surface area (Å²) in [6, 6.07) is 11.1. The number of hydrogen-bond acceptors (Lipinski definition) is 4. The van der Waals surface area contributed by atoms with E-state index < -0.39 is 13.9 Å². The fourth-order valence-corrected chi connectivity index (χ4v) is 4.67. The van der Waals surface area contributed by atoms with Gasteiger partial charge in [0.05, 0.1) is 0 Å². The van der Waals surface area contributed by atoms with E-state index in [1.165, 1.54) is 5.56 Å². The first-order chi connectivity index (χ1) is 14.2. The summed E-state index contributed by atoms with van der Waals surface area (Å²) in [6.45, 7) is 21.3. The highest BCUT2D eigenvalue weighted by atomic mass is 28.4. The third kappa shape index (κ3) is 7.61. The lowest BCUT2D eigenvalue weighted by Gasteiger charge is -2.43. The average molecular weight is 449 g/mol. The molecular formula is C25H44N2O3Si. The standard InChI is InChI=1S/C25H44N2O3Si/c1-19(20-13-11-10-12-14-20)26-22-15-16-27(23(28)30-24(2,3)4)17-21(22)18-29-31(8,9)25(5,6)7/h10-14,19,21-22,26H,15-18H2,1-9H3/t19-,21-,22-/m1/s1. The predicted octanol–water partition coefficient (Wildman–Crippen LogP) is 5.98. The topological polar surface area (TPSA) is 50.8 Å². The van der Waals surface area contributed by atoms with Crippen LogP contribution in [0.5, 0.6) is 0 Å². The molecule has 1 N–H and O–H groups in total. The van der Waals surface area contributed by atoms with Crippen molar-refractivity contribution in [3.05, 3.63) is 35.9 Å². The van der Waals surface area contributed by atoms with Crippen molar-refractivity contribution in [1.82, 2.24) is 10.2 Å². The highest BCUT2D eigenvalue weighted by molar-refractivity contribution is 6.74. The van der Waals surface area contributed by atoms with Crippen molar-refractivity contribution in [2.45, 2.75) is 90.7 Å². The molecule has 2 rings (SSSR count). The maximum absolute atomic E-state index is 12.7. The lowest BCUT2D eigenvalue weighted by molar-refractivity contribution is 0.00831. The van der Waals surface area contributed by atoms with Crippen LogP contribution < -0.4 is 5.32 Å². The maximum atomic E-state index is 12.7. The number of rotatable bonds is 6. The third-order valence-corrected chi connectivity index (χ3v) is 11.1. The Labute approximate surface area is 191 Å². The van der Waals surface area contributed by atoms with E-state index in [4.69, 9.17) is 9.16 Å². The van der Waals surface area contributed by atoms with Gasteiger partial charge in [0.1, 0.15) is 5.60 Å². The Morgan fingerprint density at radius 3 is 2.32 bits per heavy atom. The van der Waals surface area contributed by atoms with Gasteiger partial charge in [0.2, 0.25) is 0 Å². The molecule has 3 atom stereocenters. The average Bonchev–Trinajstić information content (AvgIpc) is 2.65. The molecule has 0 spiro atoms. The summed E-state index contributed by atoms with van der Waals surface area (Å²) in [5.74, 6) is 0.224. The summed E-state index contributed by atoms with van der Waals surface area (Å²) < 4.78 is 12.2. The van der Waals surface area contributed by atoms with Crippen LogP contribution in [0.1, 0.15) is 66.5 Å². The van der Waals surface area contributed by atoms with E-state index in [1.54, 1.807) is 0 Å². The third-order valence-electron chi connectivity index (χ3n) is 6.61. The number of carbonyl (C=O) groups excluding carboxylic acids is 1. The molecule has 1 saturated heterocycles. The minimum absolute atomic E-state index is 0.159. The number of nitrogens with zero attached hydrogens (tertiary/aromatic N) is 1. The van der Waals surface area contributed by atoms with Gasteiger partial charge in [0.15, 0.2) is 8.32 Å². The summed E-state index contributed by atoms with van der Waals surface area (Å²) >= 11 is 0. The smallest absolute Gasteiger partial charge is 0.410 e. The van der Waals surface area contributed by atoms with Gasteiger partial charge in [-0.2, -0.15) is 0 Å². The second-order valence-corrected chi connectivity index (χ2v) is 16.3. The minimum atomic E-state index is -1.87. The van der Waals surface area contributed by atoms with Gasteiger partial charge >= 0.3 is 6.09 Å². The molecule has 0 saturated carbocycles. The highest BCUT2D eigenvalue weighted by Gasteiger charge is 2.40. The number of carbonyl (C=O) groups is 1. The van der Waals surface area contributed by atoms with Gasteiger partial charge in [0.25, 0.3) is 0 Å². The van der Waals surface area contributed by atoms with Crippen molar-refractivity contribution in [2.24, 2.45) is 5.92 Å². The van der Waals surface area contributed by atoms with E-state index in [1.807, 2.05) is 31.7 Å². The molecule has 5 nitrogen and oxygen atoms in total. The fraction of sp³-hybridized carbons (Fsp3) is 0.720. The largest absolute Gasteiger partial charge is 0.444 e. The fourth-order valence-electron chi connectivity index (χ4n) is 3.60. The Morgan fingerprint density at radius 1 is 1.16 bits per heavy atom. The molecule has 1 aliphatic rings. The van der Waals surface area contributed by atoms with Crippen LogP contribution >= 0.6 is 0 Å². The lowest BCUT2D eigenvalue weighted by atomic mass is 9.91. The summed E-state index contributed by atoms with van der Waals surface area (Å²) in [5, 5.41) is 3.98. The first-order valence-corrected chi connectivity index (χ1v) is 14.5. The summed E-state index contributed by atoms with van der Waals surface area (Å²) in [7, 11) is -1.87. The predicted molar refractivity (Wildman–Crippen MR) is 131 cm³/mol. The molecule has 1 fully saturated rings. The van der Waals surface area contributed by atoms with Crippen molar-refractivity contribution in [1.29, 1.82) is 0 Å². The Morgan fingerprint density at radius 2 is 1.77 bits per heavy atom. The van der Waals surface area contributed by atoms with Gasteiger partial charge in [-0.05, 0) is 57.8 Å². The van der Waals surface area contributed by atoms with Crippen LogP contribution in [0.2, 0.25) is 18.1 Å². The van der Waals surface area contributed by atoms with E-state index >= 15 is 0 Å². The summed E-state index contributed by atoms with van der Waals surface area (Å²) in [4.78, 5) is 14.6. The molecule has 31 heavy (non-hydrogen) atoms. The molecule has 0 bridgehead atoms. The zero-order chi connectivity index (χ0) is 23.4. The molecule has 1 aromatic rings. The number of nitrogens with one attached hydrogen (secondary N) is 1. The number of amides is 1. The zero-order valence-corrected chi connectivity index (χ0v) is 22.1. The van der Waals surface area contributed by atoms with Crippen LogP contribution in [0.4, 0.5) is 4.79 Å². The lowest BCUT2D eigenvalue weighted by Crippen LogP contribution is -2.55. The van der Waals surface area contributed by atoms with E-state index in [0.29, 0.717) is 25.7 Å². The van der Waals surface area contributed by atoms with Crippen LogP contribution in [0, 0.1) is 5.92 Å². The SMILES string of the molecule is C[C@@H](N[C@@H]1CCN(C(=O)OC(C)(C)C)C[C@@H]1CO[Si](C)(C)C(C)(C)C)c1ccccc1. The van der Waals surface area contributed by atoms with Crippen LogP contribution in [0.15, 0.2) is 30.3 Å².